The van der Waals surface area contributed by atoms with Crippen LogP contribution in [0.25, 0.3) is 33.5 Å². The molecule has 4 aromatic rings. The van der Waals surface area contributed by atoms with E-state index in [1.54, 1.807) is 0 Å². The molecule has 0 saturated heterocycles. The van der Waals surface area contributed by atoms with Gasteiger partial charge in [-0.15, -0.1) is 0 Å². The summed E-state index contributed by atoms with van der Waals surface area (Å²) >= 11 is 6.56. The number of aromatic nitrogens is 3. The average Bonchev–Trinajstić information content (AvgIpc) is 3.20. The summed E-state index contributed by atoms with van der Waals surface area (Å²) in [6, 6.07) is 18.8. The first-order chi connectivity index (χ1) is 16.0. The van der Waals surface area contributed by atoms with E-state index >= 15 is 0 Å². The van der Waals surface area contributed by atoms with E-state index in [4.69, 9.17) is 21.4 Å². The number of aryl methyl sites for hydroxylation is 1. The van der Waals surface area contributed by atoms with Crippen molar-refractivity contribution in [2.75, 3.05) is 0 Å². The number of ether oxygens (including phenoxy) is 1. The number of aromatic amines is 1. The Morgan fingerprint density at radius 1 is 1.00 bits per heavy atom. The second-order valence-electron chi connectivity index (χ2n) is 8.61. The molecule has 168 valence electrons. The average molecular weight is 462 g/mol. The van der Waals surface area contributed by atoms with Crippen molar-refractivity contribution in [3.8, 4) is 28.4 Å². The Bertz CT molecular complexity index is 1310. The zero-order chi connectivity index (χ0) is 22.9. The highest BCUT2D eigenvalue weighted by Gasteiger charge is 2.27. The number of rotatable bonds is 5. The summed E-state index contributed by atoms with van der Waals surface area (Å²) < 4.78 is 5.99. The number of carboxylic acids is 1. The Labute approximate surface area is 196 Å². The minimum Gasteiger partial charge on any atom is -0.481 e. The number of H-pyrrole nitrogens is 1. The van der Waals surface area contributed by atoms with Crippen molar-refractivity contribution in [1.29, 1.82) is 0 Å². The number of carbonyl (C=O) groups is 1. The Hall–Kier alpha value is -3.38. The number of aliphatic carboxylic acids is 1. The van der Waals surface area contributed by atoms with Crippen molar-refractivity contribution in [3.05, 3.63) is 65.2 Å². The minimum absolute atomic E-state index is 0.0507. The van der Waals surface area contributed by atoms with Crippen LogP contribution in [-0.2, 0) is 4.79 Å². The fourth-order valence-electron chi connectivity index (χ4n) is 4.38. The summed E-state index contributed by atoms with van der Waals surface area (Å²) in [7, 11) is 0. The van der Waals surface area contributed by atoms with Crippen molar-refractivity contribution < 1.29 is 14.6 Å². The second-order valence-corrected chi connectivity index (χ2v) is 9.02. The summed E-state index contributed by atoms with van der Waals surface area (Å²) in [6.07, 6.45) is 2.58. The summed E-state index contributed by atoms with van der Waals surface area (Å²) in [5.74, 6) is -1.00. The lowest BCUT2D eigenvalue weighted by atomic mass is 9.87. The molecule has 0 amide bonds. The molecule has 7 heteroatoms. The highest BCUT2D eigenvalue weighted by atomic mass is 35.5. The third-order valence-corrected chi connectivity index (χ3v) is 6.50. The first kappa shape index (κ1) is 21.5. The molecule has 2 heterocycles. The number of nitrogens with one attached hydrogen (secondary N) is 1. The highest BCUT2D eigenvalue weighted by molar-refractivity contribution is 6.33. The normalized spacial score (nSPS) is 18.4. The lowest BCUT2D eigenvalue weighted by Gasteiger charge is -2.25. The number of hydrogen-bond donors (Lipinski definition) is 2. The van der Waals surface area contributed by atoms with E-state index in [9.17, 15) is 4.79 Å². The van der Waals surface area contributed by atoms with Gasteiger partial charge in [-0.1, -0.05) is 65.7 Å². The van der Waals surface area contributed by atoms with E-state index in [-0.39, 0.29) is 12.0 Å². The zero-order valence-corrected chi connectivity index (χ0v) is 19.0. The lowest BCUT2D eigenvalue weighted by Crippen LogP contribution is -2.28. The first-order valence-electron chi connectivity index (χ1n) is 11.1. The minimum atomic E-state index is -0.726. The van der Waals surface area contributed by atoms with Crippen LogP contribution in [-0.4, -0.2) is 32.1 Å². The van der Waals surface area contributed by atoms with Crippen molar-refractivity contribution in [1.82, 2.24) is 15.0 Å². The van der Waals surface area contributed by atoms with E-state index in [1.165, 1.54) is 11.1 Å². The summed E-state index contributed by atoms with van der Waals surface area (Å²) in [5.41, 5.74) is 6.34. The van der Waals surface area contributed by atoms with Gasteiger partial charge in [-0.05, 0) is 49.8 Å². The predicted octanol–water partition coefficient (Wildman–Crippen LogP) is 6.28. The molecule has 1 aliphatic carbocycles. The number of fused-ring (bicyclic) bond motifs is 1. The molecule has 0 bridgehead atoms. The number of benzene rings is 2. The molecule has 5 rings (SSSR count). The van der Waals surface area contributed by atoms with Crippen molar-refractivity contribution >= 4 is 28.7 Å². The van der Waals surface area contributed by atoms with Crippen LogP contribution >= 0.6 is 11.6 Å². The predicted molar refractivity (Wildman–Crippen MR) is 129 cm³/mol. The molecule has 1 fully saturated rings. The number of halogens is 1. The Balaban J connectivity index is 1.35. The quantitative estimate of drug-likeness (QED) is 0.365. The summed E-state index contributed by atoms with van der Waals surface area (Å²) in [6.45, 7) is 2.08. The fraction of sp³-hybridized carbons (Fsp3) is 0.269. The molecule has 0 radical (unpaired) electrons. The third kappa shape index (κ3) is 4.57. The smallest absolute Gasteiger partial charge is 0.306 e. The number of nitrogens with zero attached hydrogens (tertiary/aromatic N) is 2. The second kappa shape index (κ2) is 8.87. The fourth-order valence-corrected chi connectivity index (χ4v) is 4.65. The molecule has 1 saturated carbocycles. The van der Waals surface area contributed by atoms with E-state index in [2.05, 4.69) is 58.3 Å². The van der Waals surface area contributed by atoms with Gasteiger partial charge in [0, 0.05) is 5.56 Å². The molecule has 33 heavy (non-hydrogen) atoms. The maximum absolute atomic E-state index is 11.1. The first-order valence-corrected chi connectivity index (χ1v) is 11.5. The Morgan fingerprint density at radius 3 is 2.42 bits per heavy atom. The molecule has 2 aromatic carbocycles. The molecule has 2 aromatic heterocycles. The topological polar surface area (TPSA) is 88.1 Å². The van der Waals surface area contributed by atoms with Crippen LogP contribution in [0.4, 0.5) is 0 Å². The molecule has 1 aliphatic rings. The number of hydrogen-bond acceptors (Lipinski definition) is 4. The van der Waals surface area contributed by atoms with Gasteiger partial charge in [0.2, 0.25) is 0 Å². The van der Waals surface area contributed by atoms with Gasteiger partial charge in [-0.25, -0.2) is 4.98 Å². The molecular formula is C26H24ClN3O3. The van der Waals surface area contributed by atoms with E-state index in [1.807, 2.05) is 18.2 Å². The van der Waals surface area contributed by atoms with Crippen LogP contribution in [0.2, 0.25) is 5.02 Å². The van der Waals surface area contributed by atoms with Crippen LogP contribution in [0.1, 0.15) is 31.2 Å². The van der Waals surface area contributed by atoms with Crippen molar-refractivity contribution in [2.24, 2.45) is 5.92 Å². The largest absolute Gasteiger partial charge is 0.481 e. The van der Waals surface area contributed by atoms with E-state index < -0.39 is 5.97 Å². The van der Waals surface area contributed by atoms with Gasteiger partial charge in [0.15, 0.2) is 5.65 Å². The number of carboxylic acid groups (broad SMARTS) is 1. The molecular weight excluding hydrogens is 438 g/mol. The van der Waals surface area contributed by atoms with Crippen LogP contribution in [0.5, 0.6) is 6.01 Å². The van der Waals surface area contributed by atoms with Crippen LogP contribution < -0.4 is 4.74 Å². The molecule has 0 spiro atoms. The molecule has 2 N–H and O–H groups in total. The number of pyridine rings is 1. The van der Waals surface area contributed by atoms with Crippen molar-refractivity contribution in [2.45, 2.75) is 38.7 Å². The van der Waals surface area contributed by atoms with Crippen LogP contribution in [0, 0.1) is 12.8 Å². The molecule has 0 aliphatic heterocycles. The van der Waals surface area contributed by atoms with Gasteiger partial charge in [0.1, 0.15) is 6.10 Å². The monoisotopic (exact) mass is 461 g/mol. The highest BCUT2D eigenvalue weighted by Crippen LogP contribution is 2.32. The third-order valence-electron chi connectivity index (χ3n) is 6.22. The summed E-state index contributed by atoms with van der Waals surface area (Å²) in [4.78, 5) is 23.5. The van der Waals surface area contributed by atoms with Gasteiger partial charge in [-0.2, -0.15) is 4.98 Å². The van der Waals surface area contributed by atoms with Crippen molar-refractivity contribution in [3.63, 3.8) is 0 Å². The van der Waals surface area contributed by atoms with E-state index in [0.29, 0.717) is 53.6 Å². The molecule has 6 nitrogen and oxygen atoms in total. The molecule has 0 atom stereocenters. The van der Waals surface area contributed by atoms with Gasteiger partial charge >= 0.3 is 5.97 Å². The zero-order valence-electron chi connectivity index (χ0n) is 18.2. The standard InChI is InChI=1S/C26H24ClN3O3/c1-15-3-2-4-19(13-15)16-5-7-17(8-6-16)23-21(27)14-22-24(29-23)30-26(28-22)33-20-11-9-18(10-12-20)25(31)32/h2-8,13-14,18,20H,9-12H2,1H3,(H,31,32)(H,28,29,30). The molecule has 0 unspecified atom stereocenters. The van der Waals surface area contributed by atoms with Gasteiger partial charge in [0.25, 0.3) is 6.01 Å². The van der Waals surface area contributed by atoms with Crippen LogP contribution in [0.3, 0.4) is 0 Å². The maximum Gasteiger partial charge on any atom is 0.306 e. The summed E-state index contributed by atoms with van der Waals surface area (Å²) in [5, 5.41) is 9.69. The Morgan fingerprint density at radius 2 is 1.73 bits per heavy atom. The van der Waals surface area contributed by atoms with Gasteiger partial charge in [-0.3, -0.25) is 4.79 Å². The van der Waals surface area contributed by atoms with E-state index in [0.717, 1.165) is 11.1 Å². The number of imidazole rings is 1. The maximum atomic E-state index is 11.1. The lowest BCUT2D eigenvalue weighted by molar-refractivity contribution is -0.143. The SMILES string of the molecule is Cc1cccc(-c2ccc(-c3nc4nc(OC5CCC(C(=O)O)CC5)[nH]c4cc3Cl)cc2)c1. The van der Waals surface area contributed by atoms with Gasteiger partial charge < -0.3 is 14.8 Å². The van der Waals surface area contributed by atoms with Crippen LogP contribution in [0.15, 0.2) is 54.6 Å². The van der Waals surface area contributed by atoms with Gasteiger partial charge in [0.05, 0.1) is 22.2 Å². The Kier molecular flexibility index (Phi) is 5.77.